The highest BCUT2D eigenvalue weighted by Gasteiger charge is 2.26. The van der Waals surface area contributed by atoms with E-state index in [0.29, 0.717) is 30.0 Å². The summed E-state index contributed by atoms with van der Waals surface area (Å²) in [4.78, 5) is 14.8. The first kappa shape index (κ1) is 25.3. The zero-order valence-electron chi connectivity index (χ0n) is 20.0. The molecule has 0 spiro atoms. The lowest BCUT2D eigenvalue weighted by molar-refractivity contribution is -0.124. The second kappa shape index (κ2) is 12.3. The van der Waals surface area contributed by atoms with E-state index in [1.165, 1.54) is 16.7 Å². The molecule has 1 fully saturated rings. The molecular weight excluding hydrogens is 440 g/mol. The van der Waals surface area contributed by atoms with Crippen molar-refractivity contribution in [1.82, 2.24) is 10.2 Å². The van der Waals surface area contributed by atoms with Crippen LogP contribution in [0.5, 0.6) is 11.5 Å². The van der Waals surface area contributed by atoms with Crippen molar-refractivity contribution in [2.75, 3.05) is 40.0 Å². The largest absolute Gasteiger partial charge is 0.491 e. The van der Waals surface area contributed by atoms with Gasteiger partial charge in [-0.15, -0.1) is 0 Å². The minimum absolute atomic E-state index is 0.00945. The predicted octanol–water partition coefficient (Wildman–Crippen LogP) is 4.70. The molecule has 1 atom stereocenters. The number of carbonyl (C=O) groups excluding carboxylic acids is 1. The van der Waals surface area contributed by atoms with Crippen molar-refractivity contribution in [3.05, 3.63) is 58.1 Å². The van der Waals surface area contributed by atoms with Gasteiger partial charge in [0.2, 0.25) is 0 Å². The maximum absolute atomic E-state index is 12.3. The lowest BCUT2D eigenvalue weighted by atomic mass is 9.94. The third kappa shape index (κ3) is 7.10. The number of halogens is 1. The summed E-state index contributed by atoms with van der Waals surface area (Å²) in [5.74, 6) is 1.47. The Bertz CT molecular complexity index is 911. The number of benzene rings is 2. The van der Waals surface area contributed by atoms with Crippen LogP contribution < -0.4 is 14.8 Å². The van der Waals surface area contributed by atoms with Gasteiger partial charge in [-0.25, -0.2) is 0 Å². The summed E-state index contributed by atoms with van der Waals surface area (Å²) in [6.07, 6.45) is 1.85. The molecule has 0 aromatic heterocycles. The molecule has 7 heteroatoms. The first-order chi connectivity index (χ1) is 15.9. The molecule has 1 saturated heterocycles. The zero-order valence-corrected chi connectivity index (χ0v) is 20.8. The third-order valence-electron chi connectivity index (χ3n) is 6.40. The maximum Gasteiger partial charge on any atom is 0.258 e. The van der Waals surface area contributed by atoms with Crippen LogP contribution in [0.25, 0.3) is 0 Å². The Hall–Kier alpha value is -2.28. The Morgan fingerprint density at radius 1 is 1.06 bits per heavy atom. The van der Waals surface area contributed by atoms with Crippen molar-refractivity contribution in [2.24, 2.45) is 0 Å². The minimum Gasteiger partial charge on any atom is -0.491 e. The smallest absolute Gasteiger partial charge is 0.258 e. The number of carbonyl (C=O) groups is 1. The number of likely N-dealkylation sites (tertiary alicyclic amines) is 1. The summed E-state index contributed by atoms with van der Waals surface area (Å²) in [6.45, 7) is 9.55. The Morgan fingerprint density at radius 3 is 2.42 bits per heavy atom. The van der Waals surface area contributed by atoms with E-state index in [9.17, 15) is 4.79 Å². The van der Waals surface area contributed by atoms with Crippen LogP contribution in [0.2, 0.25) is 5.02 Å². The van der Waals surface area contributed by atoms with Gasteiger partial charge in [-0.3, -0.25) is 9.69 Å². The van der Waals surface area contributed by atoms with Gasteiger partial charge in [-0.1, -0.05) is 17.7 Å². The van der Waals surface area contributed by atoms with Crippen molar-refractivity contribution < 1.29 is 19.0 Å². The third-order valence-corrected chi connectivity index (χ3v) is 6.65. The molecule has 6 nitrogen and oxygen atoms in total. The molecule has 0 radical (unpaired) electrons. The van der Waals surface area contributed by atoms with Crippen LogP contribution in [0.4, 0.5) is 0 Å². The SMILES string of the molecule is COCCOc1ccc(C(C)N2CCC(NC(=O)COc3ccc(Cl)cc3)CC2)c(C)c1C. The number of nitrogens with zero attached hydrogens (tertiary/aromatic N) is 1. The van der Waals surface area contributed by atoms with E-state index in [4.69, 9.17) is 25.8 Å². The van der Waals surface area contributed by atoms with E-state index in [-0.39, 0.29) is 18.6 Å². The molecular formula is C26H35ClN2O4. The summed E-state index contributed by atoms with van der Waals surface area (Å²) >= 11 is 5.87. The molecule has 2 aromatic rings. The first-order valence-electron chi connectivity index (χ1n) is 11.5. The van der Waals surface area contributed by atoms with Gasteiger partial charge < -0.3 is 19.5 Å². The van der Waals surface area contributed by atoms with E-state index < -0.39 is 0 Å². The van der Waals surface area contributed by atoms with Gasteiger partial charge in [0.05, 0.1) is 6.61 Å². The average Bonchev–Trinajstić information content (AvgIpc) is 2.82. The maximum atomic E-state index is 12.3. The number of amides is 1. The van der Waals surface area contributed by atoms with Crippen molar-refractivity contribution in [1.29, 1.82) is 0 Å². The molecule has 2 aromatic carbocycles. The average molecular weight is 475 g/mol. The number of rotatable bonds is 10. The van der Waals surface area contributed by atoms with Gasteiger partial charge in [0.25, 0.3) is 5.91 Å². The van der Waals surface area contributed by atoms with Crippen molar-refractivity contribution in [3.63, 3.8) is 0 Å². The van der Waals surface area contributed by atoms with E-state index in [1.807, 2.05) is 0 Å². The molecule has 33 heavy (non-hydrogen) atoms. The van der Waals surface area contributed by atoms with Gasteiger partial charge in [-0.05, 0) is 80.6 Å². The molecule has 0 saturated carbocycles. The van der Waals surface area contributed by atoms with E-state index >= 15 is 0 Å². The van der Waals surface area contributed by atoms with Gasteiger partial charge in [0, 0.05) is 37.3 Å². The second-order valence-electron chi connectivity index (χ2n) is 8.54. The van der Waals surface area contributed by atoms with Crippen LogP contribution in [-0.2, 0) is 9.53 Å². The second-order valence-corrected chi connectivity index (χ2v) is 8.98. The topological polar surface area (TPSA) is 60.0 Å². The normalized spacial score (nSPS) is 15.8. The summed E-state index contributed by atoms with van der Waals surface area (Å²) in [5.41, 5.74) is 3.77. The molecule has 1 N–H and O–H groups in total. The highest BCUT2D eigenvalue weighted by Crippen LogP contribution is 2.32. The number of nitrogens with one attached hydrogen (secondary N) is 1. The predicted molar refractivity (Wildman–Crippen MR) is 131 cm³/mol. The first-order valence-corrected chi connectivity index (χ1v) is 11.9. The van der Waals surface area contributed by atoms with Gasteiger partial charge in [0.1, 0.15) is 18.1 Å². The zero-order chi connectivity index (χ0) is 23.8. The van der Waals surface area contributed by atoms with E-state index in [0.717, 1.165) is 31.7 Å². The lowest BCUT2D eigenvalue weighted by Gasteiger charge is -2.37. The molecule has 0 bridgehead atoms. The Balaban J connectivity index is 1.47. The van der Waals surface area contributed by atoms with Gasteiger partial charge in [0.15, 0.2) is 6.61 Å². The molecule has 3 rings (SSSR count). The monoisotopic (exact) mass is 474 g/mol. The summed E-state index contributed by atoms with van der Waals surface area (Å²) in [7, 11) is 1.68. The van der Waals surface area contributed by atoms with Crippen LogP contribution >= 0.6 is 11.6 Å². The van der Waals surface area contributed by atoms with E-state index in [2.05, 4.69) is 43.1 Å². The molecule has 1 heterocycles. The van der Waals surface area contributed by atoms with Crippen LogP contribution in [0, 0.1) is 13.8 Å². The number of ether oxygens (including phenoxy) is 3. The van der Waals surface area contributed by atoms with Crippen LogP contribution in [-0.4, -0.2) is 56.9 Å². The van der Waals surface area contributed by atoms with Crippen molar-refractivity contribution in [3.8, 4) is 11.5 Å². The quantitative estimate of drug-likeness (QED) is 0.505. The van der Waals surface area contributed by atoms with Crippen molar-refractivity contribution >= 4 is 17.5 Å². The Kier molecular flexibility index (Phi) is 9.41. The van der Waals surface area contributed by atoms with Crippen LogP contribution in [0.3, 0.4) is 0 Å². The van der Waals surface area contributed by atoms with Crippen LogP contribution in [0.15, 0.2) is 36.4 Å². The standard InChI is InChI=1S/C26H35ClN2O4/c1-18-19(2)25(32-16-15-31-4)10-9-24(18)20(3)29-13-11-22(12-14-29)28-26(30)17-33-23-7-5-21(27)6-8-23/h5-10,20,22H,11-17H2,1-4H3,(H,28,30). The summed E-state index contributed by atoms with van der Waals surface area (Å²) in [5, 5.41) is 3.75. The van der Waals surface area contributed by atoms with Gasteiger partial charge in [-0.2, -0.15) is 0 Å². The molecule has 180 valence electrons. The summed E-state index contributed by atoms with van der Waals surface area (Å²) < 4.78 is 16.5. The molecule has 1 aliphatic rings. The lowest BCUT2D eigenvalue weighted by Crippen LogP contribution is -2.46. The minimum atomic E-state index is -0.0908. The highest BCUT2D eigenvalue weighted by molar-refractivity contribution is 6.30. The van der Waals surface area contributed by atoms with E-state index in [1.54, 1.807) is 31.4 Å². The highest BCUT2D eigenvalue weighted by atomic mass is 35.5. The summed E-state index contributed by atoms with van der Waals surface area (Å²) in [6, 6.07) is 11.7. The molecule has 0 aliphatic carbocycles. The van der Waals surface area contributed by atoms with Crippen molar-refractivity contribution in [2.45, 2.75) is 45.7 Å². The Labute approximate surface area is 202 Å². The number of hydrogen-bond acceptors (Lipinski definition) is 5. The number of methoxy groups -OCH3 is 1. The molecule has 1 amide bonds. The fourth-order valence-corrected chi connectivity index (χ4v) is 4.36. The fourth-order valence-electron chi connectivity index (χ4n) is 4.24. The number of hydrogen-bond donors (Lipinski definition) is 1. The Morgan fingerprint density at radius 2 is 1.76 bits per heavy atom. The molecule has 1 aliphatic heterocycles. The fraction of sp³-hybridized carbons (Fsp3) is 0.500. The van der Waals surface area contributed by atoms with Crippen LogP contribution in [0.1, 0.15) is 42.5 Å². The van der Waals surface area contributed by atoms with Gasteiger partial charge >= 0.3 is 0 Å². The molecule has 1 unspecified atom stereocenters. The number of piperidine rings is 1.